The predicted molar refractivity (Wildman–Crippen MR) is 41.8 cm³/mol. The molecule has 0 saturated heterocycles. The summed E-state index contributed by atoms with van der Waals surface area (Å²) >= 11 is 0. The normalized spacial score (nSPS) is 7.62. The van der Waals surface area contributed by atoms with E-state index in [1.165, 1.54) is 0 Å². The van der Waals surface area contributed by atoms with E-state index in [1.807, 2.05) is 0 Å². The van der Waals surface area contributed by atoms with Gasteiger partial charge in [0.2, 0.25) is 0 Å². The first-order valence-electron chi connectivity index (χ1n) is 3.41. The lowest BCUT2D eigenvalue weighted by atomic mass is 10.8. The SMILES string of the molecule is CC(=O)OOC(C)=O.O=C(O)OOC(=O)O. The molecule has 0 heterocycles. The molecule has 16 heavy (non-hydrogen) atoms. The largest absolute Gasteiger partial charge is 0.547 e. The molecule has 10 nitrogen and oxygen atoms in total. The second-order valence-corrected chi connectivity index (χ2v) is 1.85. The molecule has 0 aliphatic rings. The molecule has 0 spiro atoms. The summed E-state index contributed by atoms with van der Waals surface area (Å²) in [6.07, 6.45) is -3.60. The van der Waals surface area contributed by atoms with Crippen molar-refractivity contribution in [2.45, 2.75) is 13.8 Å². The second kappa shape index (κ2) is 9.05. The lowest BCUT2D eigenvalue weighted by Gasteiger charge is -1.93. The molecule has 0 aliphatic carbocycles. The first-order chi connectivity index (χ1) is 7.25. The molecule has 0 aromatic heterocycles. The van der Waals surface area contributed by atoms with Gasteiger partial charge < -0.3 is 10.2 Å². The summed E-state index contributed by atoms with van der Waals surface area (Å²) in [5.74, 6) is -1.28. The van der Waals surface area contributed by atoms with E-state index in [4.69, 9.17) is 10.2 Å². The van der Waals surface area contributed by atoms with Gasteiger partial charge in [-0.2, -0.15) is 0 Å². The third-order valence-corrected chi connectivity index (χ3v) is 0.461. The van der Waals surface area contributed by atoms with Crippen LogP contribution in [0, 0.1) is 0 Å². The molecule has 0 bridgehead atoms. The van der Waals surface area contributed by atoms with Gasteiger partial charge in [0.1, 0.15) is 0 Å². The van der Waals surface area contributed by atoms with Gasteiger partial charge in [-0.15, -0.1) is 0 Å². The van der Waals surface area contributed by atoms with Crippen molar-refractivity contribution in [2.75, 3.05) is 0 Å². The van der Waals surface area contributed by atoms with E-state index in [2.05, 4.69) is 19.6 Å². The summed E-state index contributed by atoms with van der Waals surface area (Å²) < 4.78 is 0. The van der Waals surface area contributed by atoms with Crippen LogP contribution < -0.4 is 0 Å². The molecule has 10 heteroatoms. The van der Waals surface area contributed by atoms with Crippen molar-refractivity contribution in [3.05, 3.63) is 0 Å². The summed E-state index contributed by atoms with van der Waals surface area (Å²) in [6.45, 7) is 2.28. The molecule has 0 rings (SSSR count). The van der Waals surface area contributed by atoms with Crippen LogP contribution in [0.2, 0.25) is 0 Å². The maximum absolute atomic E-state index is 9.85. The summed E-state index contributed by atoms with van der Waals surface area (Å²) in [6, 6.07) is 0. The van der Waals surface area contributed by atoms with Crippen molar-refractivity contribution in [2.24, 2.45) is 0 Å². The van der Waals surface area contributed by atoms with E-state index in [0.717, 1.165) is 13.8 Å². The van der Waals surface area contributed by atoms with E-state index in [9.17, 15) is 19.2 Å². The van der Waals surface area contributed by atoms with Crippen molar-refractivity contribution in [3.8, 4) is 0 Å². The average Bonchev–Trinajstić information content (AvgIpc) is 2.12. The zero-order valence-electron chi connectivity index (χ0n) is 8.16. The van der Waals surface area contributed by atoms with Gasteiger partial charge in [0.05, 0.1) is 0 Å². The Morgan fingerprint density at radius 3 is 1.06 bits per heavy atom. The Bertz CT molecular complexity index is 212. The Kier molecular flexibility index (Phi) is 9.01. The minimum atomic E-state index is -1.80. The van der Waals surface area contributed by atoms with E-state index < -0.39 is 24.2 Å². The third-order valence-electron chi connectivity index (χ3n) is 0.461. The molecule has 2 N–H and O–H groups in total. The Morgan fingerprint density at radius 1 is 0.688 bits per heavy atom. The van der Waals surface area contributed by atoms with Gasteiger partial charge in [-0.1, -0.05) is 0 Å². The van der Waals surface area contributed by atoms with Gasteiger partial charge in [0.15, 0.2) is 0 Å². The predicted octanol–water partition coefficient (Wildman–Crippen LogP) is 0.318. The minimum absolute atomic E-state index is 0.639. The highest BCUT2D eigenvalue weighted by molar-refractivity contribution is 5.69. The fourth-order valence-electron chi connectivity index (χ4n) is 0.189. The first kappa shape index (κ1) is 15.9. The summed E-state index contributed by atoms with van der Waals surface area (Å²) in [7, 11) is 0. The monoisotopic (exact) mass is 240 g/mol. The zero-order chi connectivity index (χ0) is 13.1. The van der Waals surface area contributed by atoms with Crippen LogP contribution in [0.15, 0.2) is 0 Å². The van der Waals surface area contributed by atoms with Crippen LogP contribution in [0.3, 0.4) is 0 Å². The number of rotatable bonds is 0. The fraction of sp³-hybridized carbons (Fsp3) is 0.333. The molecule has 0 unspecified atom stereocenters. The smallest absolute Gasteiger partial charge is 0.447 e. The van der Waals surface area contributed by atoms with Crippen molar-refractivity contribution >= 4 is 24.2 Å². The van der Waals surface area contributed by atoms with Crippen LogP contribution in [-0.4, -0.2) is 34.5 Å². The van der Waals surface area contributed by atoms with Gasteiger partial charge in [-0.25, -0.2) is 38.7 Å². The number of hydrogen-bond acceptors (Lipinski definition) is 8. The second-order valence-electron chi connectivity index (χ2n) is 1.85. The topological polar surface area (TPSA) is 146 Å². The van der Waals surface area contributed by atoms with E-state index in [0.29, 0.717) is 0 Å². The number of carboxylic acid groups (broad SMARTS) is 2. The molecule has 0 amide bonds. The summed E-state index contributed by atoms with van der Waals surface area (Å²) in [4.78, 5) is 52.2. The van der Waals surface area contributed by atoms with Crippen molar-refractivity contribution in [1.82, 2.24) is 0 Å². The number of hydrogen-bond donors (Lipinski definition) is 2. The van der Waals surface area contributed by atoms with Crippen molar-refractivity contribution in [1.29, 1.82) is 0 Å². The maximum atomic E-state index is 9.85. The highest BCUT2D eigenvalue weighted by atomic mass is 17.2. The molecule has 0 aromatic rings. The van der Waals surface area contributed by atoms with E-state index in [-0.39, 0.29) is 0 Å². The quantitative estimate of drug-likeness (QED) is 0.448. The van der Waals surface area contributed by atoms with E-state index in [1.54, 1.807) is 0 Å². The number of carbonyl (C=O) groups excluding carboxylic acids is 2. The highest BCUT2D eigenvalue weighted by Gasteiger charge is 2.01. The average molecular weight is 240 g/mol. The van der Waals surface area contributed by atoms with Gasteiger partial charge in [-0.3, -0.25) is 0 Å². The molecular weight excluding hydrogens is 232 g/mol. The Morgan fingerprint density at radius 2 is 0.938 bits per heavy atom. The van der Waals surface area contributed by atoms with Crippen LogP contribution in [0.25, 0.3) is 0 Å². The van der Waals surface area contributed by atoms with Crippen LogP contribution in [0.1, 0.15) is 13.8 Å². The molecule has 92 valence electrons. The van der Waals surface area contributed by atoms with Gasteiger partial charge in [0, 0.05) is 13.8 Å². The number of carbonyl (C=O) groups is 4. The van der Waals surface area contributed by atoms with Crippen LogP contribution in [0.5, 0.6) is 0 Å². The Hall–Kier alpha value is -2.52. The van der Waals surface area contributed by atoms with Crippen LogP contribution in [-0.2, 0) is 29.1 Å². The Balaban J connectivity index is 0. The maximum Gasteiger partial charge on any atom is 0.547 e. The Labute approximate surface area is 88.1 Å². The van der Waals surface area contributed by atoms with Crippen LogP contribution in [0.4, 0.5) is 9.59 Å². The van der Waals surface area contributed by atoms with Gasteiger partial charge in [-0.05, 0) is 0 Å². The van der Waals surface area contributed by atoms with Crippen LogP contribution >= 0.6 is 0 Å². The zero-order valence-corrected chi connectivity index (χ0v) is 8.16. The van der Waals surface area contributed by atoms with E-state index >= 15 is 0 Å². The lowest BCUT2D eigenvalue weighted by molar-refractivity contribution is -0.255. The molecule has 0 aliphatic heterocycles. The van der Waals surface area contributed by atoms with Gasteiger partial charge >= 0.3 is 24.2 Å². The molecular formula is C6H8O10. The molecule has 0 radical (unpaired) electrons. The third kappa shape index (κ3) is 22.5. The summed E-state index contributed by atoms with van der Waals surface area (Å²) in [5, 5.41) is 15.1. The lowest BCUT2D eigenvalue weighted by Crippen LogP contribution is -2.05. The standard InChI is InChI=1S/C4H6O4.C2H2O6/c1-3(5)7-8-4(2)6;3-1(4)7-8-2(5)6/h1-2H3;(H,3,4)(H,5,6). The first-order valence-corrected chi connectivity index (χ1v) is 3.41. The molecule has 0 fully saturated rings. The van der Waals surface area contributed by atoms with Crippen molar-refractivity contribution < 1.29 is 48.9 Å². The highest BCUT2D eigenvalue weighted by Crippen LogP contribution is 1.79. The summed E-state index contributed by atoms with van der Waals surface area (Å²) in [5.41, 5.74) is 0. The van der Waals surface area contributed by atoms with Crippen molar-refractivity contribution in [3.63, 3.8) is 0 Å². The van der Waals surface area contributed by atoms with Gasteiger partial charge in [0.25, 0.3) is 0 Å². The minimum Gasteiger partial charge on any atom is -0.447 e. The molecule has 0 atom stereocenters. The fourth-order valence-corrected chi connectivity index (χ4v) is 0.189. The molecule has 0 saturated carbocycles. The molecule has 0 aromatic carbocycles.